The molecule has 0 unspecified atom stereocenters. The second-order valence-corrected chi connectivity index (χ2v) is 4.30. The maximum absolute atomic E-state index is 8.60. The summed E-state index contributed by atoms with van der Waals surface area (Å²) in [4.78, 5) is 0. The number of hydrogen-bond acceptors (Lipinski definition) is 2. The standard InChI is InChI=1S/C13H29NO/c1-2-3-4-8-11-14-12-9-6-5-7-10-13-15/h14-15H,2-13H2,1H3. The van der Waals surface area contributed by atoms with Gasteiger partial charge in [0.25, 0.3) is 0 Å². The molecule has 0 heterocycles. The van der Waals surface area contributed by atoms with Crippen LogP contribution in [0, 0.1) is 0 Å². The van der Waals surface area contributed by atoms with Gasteiger partial charge in [-0.2, -0.15) is 0 Å². The van der Waals surface area contributed by atoms with Crippen LogP contribution in [0.4, 0.5) is 0 Å². The summed E-state index contributed by atoms with van der Waals surface area (Å²) in [6.07, 6.45) is 11.4. The van der Waals surface area contributed by atoms with E-state index in [9.17, 15) is 0 Å². The van der Waals surface area contributed by atoms with Crippen LogP contribution in [0.2, 0.25) is 0 Å². The van der Waals surface area contributed by atoms with E-state index in [1.807, 2.05) is 0 Å². The molecule has 0 radical (unpaired) electrons. The molecule has 0 aromatic carbocycles. The van der Waals surface area contributed by atoms with Gasteiger partial charge >= 0.3 is 0 Å². The number of aliphatic hydroxyl groups is 1. The first-order valence-electron chi connectivity index (χ1n) is 6.73. The molecule has 0 rings (SSSR count). The molecule has 0 aliphatic rings. The summed E-state index contributed by atoms with van der Waals surface area (Å²) in [7, 11) is 0. The van der Waals surface area contributed by atoms with Crippen LogP contribution in [0.3, 0.4) is 0 Å². The van der Waals surface area contributed by atoms with Crippen LogP contribution in [-0.2, 0) is 0 Å². The van der Waals surface area contributed by atoms with Gasteiger partial charge in [-0.25, -0.2) is 0 Å². The summed E-state index contributed by atoms with van der Waals surface area (Å²) < 4.78 is 0. The Morgan fingerprint density at radius 2 is 1.27 bits per heavy atom. The predicted octanol–water partition coefficient (Wildman–Crippen LogP) is 3.10. The Morgan fingerprint density at radius 1 is 0.733 bits per heavy atom. The Balaban J connectivity index is 2.81. The smallest absolute Gasteiger partial charge is 0.0431 e. The van der Waals surface area contributed by atoms with Crippen molar-refractivity contribution in [2.45, 2.75) is 64.7 Å². The average molecular weight is 215 g/mol. The van der Waals surface area contributed by atoms with Crippen molar-refractivity contribution in [3.05, 3.63) is 0 Å². The zero-order chi connectivity index (χ0) is 11.2. The van der Waals surface area contributed by atoms with Crippen molar-refractivity contribution in [3.63, 3.8) is 0 Å². The number of hydrogen-bond donors (Lipinski definition) is 2. The minimum atomic E-state index is 0.357. The maximum Gasteiger partial charge on any atom is 0.0431 e. The lowest BCUT2D eigenvalue weighted by Gasteiger charge is -2.04. The molecule has 0 amide bonds. The molecule has 2 heteroatoms. The lowest BCUT2D eigenvalue weighted by atomic mass is 10.1. The van der Waals surface area contributed by atoms with Gasteiger partial charge in [0.05, 0.1) is 0 Å². The van der Waals surface area contributed by atoms with Gasteiger partial charge in [-0.05, 0) is 32.4 Å². The molecule has 0 saturated carbocycles. The van der Waals surface area contributed by atoms with E-state index in [2.05, 4.69) is 12.2 Å². The van der Waals surface area contributed by atoms with Crippen LogP contribution >= 0.6 is 0 Å². The number of aliphatic hydroxyl groups excluding tert-OH is 1. The summed E-state index contributed by atoms with van der Waals surface area (Å²) in [5.74, 6) is 0. The zero-order valence-electron chi connectivity index (χ0n) is 10.4. The third-order valence-corrected chi connectivity index (χ3v) is 2.72. The van der Waals surface area contributed by atoms with E-state index in [4.69, 9.17) is 5.11 Å². The SMILES string of the molecule is CCCCCCNCCCCCCCO. The Hall–Kier alpha value is -0.0800. The summed E-state index contributed by atoms with van der Waals surface area (Å²) in [6.45, 7) is 4.97. The lowest BCUT2D eigenvalue weighted by molar-refractivity contribution is 0.282. The molecular formula is C13H29NO. The van der Waals surface area contributed by atoms with Crippen molar-refractivity contribution < 1.29 is 5.11 Å². The van der Waals surface area contributed by atoms with Gasteiger partial charge in [0.15, 0.2) is 0 Å². The van der Waals surface area contributed by atoms with Crippen molar-refractivity contribution in [1.29, 1.82) is 0 Å². The Bertz CT molecular complexity index is 94.7. The van der Waals surface area contributed by atoms with Gasteiger partial charge in [0.1, 0.15) is 0 Å². The highest BCUT2D eigenvalue weighted by atomic mass is 16.2. The molecule has 0 fully saturated rings. The van der Waals surface area contributed by atoms with Crippen molar-refractivity contribution in [1.82, 2.24) is 5.32 Å². The monoisotopic (exact) mass is 215 g/mol. The van der Waals surface area contributed by atoms with E-state index in [0.29, 0.717) is 6.61 Å². The fourth-order valence-electron chi connectivity index (χ4n) is 1.69. The van der Waals surface area contributed by atoms with E-state index in [0.717, 1.165) is 6.42 Å². The number of unbranched alkanes of at least 4 members (excludes halogenated alkanes) is 7. The van der Waals surface area contributed by atoms with Crippen molar-refractivity contribution >= 4 is 0 Å². The highest BCUT2D eigenvalue weighted by Crippen LogP contribution is 2.01. The maximum atomic E-state index is 8.60. The molecule has 0 bridgehead atoms. The lowest BCUT2D eigenvalue weighted by Crippen LogP contribution is -2.16. The molecule has 2 nitrogen and oxygen atoms in total. The predicted molar refractivity (Wildman–Crippen MR) is 67.2 cm³/mol. The molecule has 2 N–H and O–H groups in total. The molecule has 0 aromatic heterocycles. The fourth-order valence-corrected chi connectivity index (χ4v) is 1.69. The third kappa shape index (κ3) is 13.9. The number of rotatable bonds is 12. The first-order valence-corrected chi connectivity index (χ1v) is 6.73. The van der Waals surface area contributed by atoms with E-state index in [-0.39, 0.29) is 0 Å². The van der Waals surface area contributed by atoms with Crippen LogP contribution in [0.1, 0.15) is 64.7 Å². The van der Waals surface area contributed by atoms with Crippen LogP contribution < -0.4 is 5.32 Å². The van der Waals surface area contributed by atoms with Crippen LogP contribution in [0.25, 0.3) is 0 Å². The van der Waals surface area contributed by atoms with Gasteiger partial charge in [0.2, 0.25) is 0 Å². The summed E-state index contributed by atoms with van der Waals surface area (Å²) in [6, 6.07) is 0. The van der Waals surface area contributed by atoms with Crippen LogP contribution in [0.5, 0.6) is 0 Å². The number of nitrogens with one attached hydrogen (secondary N) is 1. The Kier molecular flexibility index (Phi) is 13.8. The summed E-state index contributed by atoms with van der Waals surface area (Å²) in [5.41, 5.74) is 0. The zero-order valence-corrected chi connectivity index (χ0v) is 10.4. The second kappa shape index (κ2) is 13.9. The first kappa shape index (κ1) is 14.9. The van der Waals surface area contributed by atoms with Gasteiger partial charge in [0, 0.05) is 6.61 Å². The fraction of sp³-hybridized carbons (Fsp3) is 1.00. The van der Waals surface area contributed by atoms with E-state index < -0.39 is 0 Å². The molecule has 0 atom stereocenters. The molecule has 0 aliphatic heterocycles. The molecule has 15 heavy (non-hydrogen) atoms. The molecule has 0 aliphatic carbocycles. The van der Waals surface area contributed by atoms with Crippen molar-refractivity contribution in [2.24, 2.45) is 0 Å². The summed E-state index contributed by atoms with van der Waals surface area (Å²) in [5, 5.41) is 12.1. The van der Waals surface area contributed by atoms with E-state index >= 15 is 0 Å². The molecule has 0 saturated heterocycles. The van der Waals surface area contributed by atoms with Crippen molar-refractivity contribution in [2.75, 3.05) is 19.7 Å². The van der Waals surface area contributed by atoms with E-state index in [1.165, 1.54) is 64.5 Å². The first-order chi connectivity index (χ1) is 7.41. The quantitative estimate of drug-likeness (QED) is 0.490. The normalized spacial score (nSPS) is 10.8. The van der Waals surface area contributed by atoms with Gasteiger partial charge in [-0.3, -0.25) is 0 Å². The highest BCUT2D eigenvalue weighted by molar-refractivity contribution is 4.50. The van der Waals surface area contributed by atoms with Gasteiger partial charge in [-0.15, -0.1) is 0 Å². The Morgan fingerprint density at radius 3 is 1.87 bits per heavy atom. The van der Waals surface area contributed by atoms with Crippen LogP contribution in [-0.4, -0.2) is 24.8 Å². The average Bonchev–Trinajstić information content (AvgIpc) is 2.26. The third-order valence-electron chi connectivity index (χ3n) is 2.72. The second-order valence-electron chi connectivity index (χ2n) is 4.30. The molecule has 0 spiro atoms. The summed E-state index contributed by atoms with van der Waals surface area (Å²) >= 11 is 0. The van der Waals surface area contributed by atoms with Crippen LogP contribution in [0.15, 0.2) is 0 Å². The molecular weight excluding hydrogens is 186 g/mol. The van der Waals surface area contributed by atoms with E-state index in [1.54, 1.807) is 0 Å². The minimum absolute atomic E-state index is 0.357. The van der Waals surface area contributed by atoms with Gasteiger partial charge in [-0.1, -0.05) is 45.4 Å². The molecule has 92 valence electrons. The largest absolute Gasteiger partial charge is 0.396 e. The highest BCUT2D eigenvalue weighted by Gasteiger charge is 1.91. The Labute approximate surface area is 95.5 Å². The van der Waals surface area contributed by atoms with Crippen molar-refractivity contribution in [3.8, 4) is 0 Å². The van der Waals surface area contributed by atoms with Gasteiger partial charge < -0.3 is 10.4 Å². The molecule has 0 aromatic rings. The topological polar surface area (TPSA) is 32.3 Å². The minimum Gasteiger partial charge on any atom is -0.396 e.